The number of amides is 1. The molecule has 1 heterocycles. The van der Waals surface area contributed by atoms with Gasteiger partial charge in [-0.05, 0) is 54.4 Å². The number of phenolic OH excluding ortho intramolecular Hbond substituents is 1. The van der Waals surface area contributed by atoms with Crippen molar-refractivity contribution in [3.05, 3.63) is 65.2 Å². The topological polar surface area (TPSA) is 116 Å². The van der Waals surface area contributed by atoms with Crippen molar-refractivity contribution in [2.24, 2.45) is 10.7 Å². The average Bonchev–Trinajstić information content (AvgIpc) is 2.97. The van der Waals surface area contributed by atoms with Crippen LogP contribution in [0.4, 0.5) is 17.3 Å². The lowest BCUT2D eigenvalue weighted by Crippen LogP contribution is -2.12. The molecule has 0 saturated heterocycles. The standard InChI is InChI=1S/C18H17N5O2/c1-11-3-2-4-13(9-11)21-18-15(16(19)25)17(22-23-18)20-10-12-5-7-14(24)8-6-12/h2-10,24H,1H3,(H2,19,25)(H2,21,22,23). The number of benzene rings is 2. The monoisotopic (exact) mass is 335 g/mol. The molecule has 7 heteroatoms. The van der Waals surface area contributed by atoms with Gasteiger partial charge in [-0.1, -0.05) is 12.1 Å². The number of nitrogens with zero attached hydrogens (tertiary/aromatic N) is 2. The fraction of sp³-hybridized carbons (Fsp3) is 0.0556. The van der Waals surface area contributed by atoms with Crippen LogP contribution in [0.2, 0.25) is 0 Å². The lowest BCUT2D eigenvalue weighted by Gasteiger charge is -2.06. The summed E-state index contributed by atoms with van der Waals surface area (Å²) in [6.45, 7) is 1.97. The van der Waals surface area contributed by atoms with Gasteiger partial charge in [-0.3, -0.25) is 9.89 Å². The smallest absolute Gasteiger partial charge is 0.256 e. The number of rotatable bonds is 5. The zero-order valence-corrected chi connectivity index (χ0v) is 13.5. The Kier molecular flexibility index (Phi) is 4.47. The second kappa shape index (κ2) is 6.88. The second-order valence-corrected chi connectivity index (χ2v) is 5.51. The van der Waals surface area contributed by atoms with Gasteiger partial charge >= 0.3 is 0 Å². The van der Waals surface area contributed by atoms with Gasteiger partial charge in [0, 0.05) is 11.9 Å². The SMILES string of the molecule is Cc1cccc(Nc2[nH]nc(N=Cc3ccc(O)cc3)c2C(N)=O)c1. The van der Waals surface area contributed by atoms with Crippen molar-refractivity contribution >= 4 is 29.4 Å². The summed E-state index contributed by atoms with van der Waals surface area (Å²) in [6, 6.07) is 14.2. The Bertz CT molecular complexity index is 929. The predicted molar refractivity (Wildman–Crippen MR) is 96.9 cm³/mol. The van der Waals surface area contributed by atoms with E-state index in [2.05, 4.69) is 20.5 Å². The summed E-state index contributed by atoms with van der Waals surface area (Å²) < 4.78 is 0. The van der Waals surface area contributed by atoms with Crippen LogP contribution in [-0.4, -0.2) is 27.4 Å². The zero-order chi connectivity index (χ0) is 17.8. The molecule has 0 fully saturated rings. The number of hydrogen-bond acceptors (Lipinski definition) is 5. The normalized spacial score (nSPS) is 10.9. The average molecular weight is 335 g/mol. The summed E-state index contributed by atoms with van der Waals surface area (Å²) in [4.78, 5) is 16.0. The van der Waals surface area contributed by atoms with E-state index in [-0.39, 0.29) is 17.1 Å². The molecule has 1 aromatic heterocycles. The number of aromatic nitrogens is 2. The van der Waals surface area contributed by atoms with Crippen LogP contribution in [0.25, 0.3) is 0 Å². The molecular formula is C18H17N5O2. The lowest BCUT2D eigenvalue weighted by molar-refractivity contribution is 0.100. The van der Waals surface area contributed by atoms with Crippen LogP contribution >= 0.6 is 0 Å². The maximum atomic E-state index is 11.8. The van der Waals surface area contributed by atoms with Crippen LogP contribution in [0.5, 0.6) is 5.75 Å². The van der Waals surface area contributed by atoms with E-state index in [0.717, 1.165) is 16.8 Å². The van der Waals surface area contributed by atoms with E-state index in [9.17, 15) is 9.90 Å². The van der Waals surface area contributed by atoms with Gasteiger partial charge in [-0.15, -0.1) is 0 Å². The number of hydrogen-bond donors (Lipinski definition) is 4. The third-order valence-corrected chi connectivity index (χ3v) is 3.51. The van der Waals surface area contributed by atoms with Crippen LogP contribution in [0.1, 0.15) is 21.5 Å². The minimum absolute atomic E-state index is 0.166. The van der Waals surface area contributed by atoms with E-state index in [4.69, 9.17) is 5.73 Å². The summed E-state index contributed by atoms with van der Waals surface area (Å²) in [5, 5.41) is 19.2. The largest absolute Gasteiger partial charge is 0.508 e. The summed E-state index contributed by atoms with van der Waals surface area (Å²) in [7, 11) is 0. The maximum Gasteiger partial charge on any atom is 0.256 e. The molecular weight excluding hydrogens is 318 g/mol. The van der Waals surface area contributed by atoms with Gasteiger partial charge < -0.3 is 16.2 Å². The Morgan fingerprint density at radius 2 is 2.04 bits per heavy atom. The molecule has 0 aliphatic carbocycles. The van der Waals surface area contributed by atoms with Crippen LogP contribution in [0.15, 0.2) is 53.5 Å². The van der Waals surface area contributed by atoms with Crippen molar-refractivity contribution in [1.82, 2.24) is 10.2 Å². The zero-order valence-electron chi connectivity index (χ0n) is 13.5. The number of phenols is 1. The van der Waals surface area contributed by atoms with E-state index in [0.29, 0.717) is 5.82 Å². The first-order chi connectivity index (χ1) is 12.0. The number of aromatic amines is 1. The third-order valence-electron chi connectivity index (χ3n) is 3.51. The predicted octanol–water partition coefficient (Wildman–Crippen LogP) is 3.02. The highest BCUT2D eigenvalue weighted by atomic mass is 16.3. The highest BCUT2D eigenvalue weighted by Gasteiger charge is 2.18. The number of carbonyl (C=O) groups excluding carboxylic acids is 1. The number of anilines is 2. The van der Waals surface area contributed by atoms with E-state index in [1.165, 1.54) is 0 Å². The summed E-state index contributed by atoms with van der Waals surface area (Å²) in [6.07, 6.45) is 1.54. The van der Waals surface area contributed by atoms with Gasteiger partial charge in [-0.2, -0.15) is 5.10 Å². The fourth-order valence-electron chi connectivity index (χ4n) is 2.31. The molecule has 25 heavy (non-hydrogen) atoms. The first-order valence-electron chi connectivity index (χ1n) is 7.58. The minimum atomic E-state index is -0.637. The summed E-state index contributed by atoms with van der Waals surface area (Å²) in [5.41, 5.74) is 8.30. The molecule has 0 radical (unpaired) electrons. The van der Waals surface area contributed by atoms with E-state index < -0.39 is 5.91 Å². The molecule has 2 aromatic carbocycles. The summed E-state index contributed by atoms with van der Waals surface area (Å²) >= 11 is 0. The van der Waals surface area contributed by atoms with E-state index in [1.807, 2.05) is 31.2 Å². The first-order valence-corrected chi connectivity index (χ1v) is 7.58. The Morgan fingerprint density at radius 1 is 1.28 bits per heavy atom. The molecule has 0 atom stereocenters. The van der Waals surface area contributed by atoms with Crippen molar-refractivity contribution in [2.45, 2.75) is 6.92 Å². The highest BCUT2D eigenvalue weighted by molar-refractivity contribution is 6.03. The van der Waals surface area contributed by atoms with Gasteiger partial charge in [0.05, 0.1) is 0 Å². The fourth-order valence-corrected chi connectivity index (χ4v) is 2.31. The molecule has 1 amide bonds. The molecule has 0 bridgehead atoms. The number of carbonyl (C=O) groups is 1. The van der Waals surface area contributed by atoms with Crippen molar-refractivity contribution in [1.29, 1.82) is 0 Å². The van der Waals surface area contributed by atoms with Gasteiger partial charge in [0.25, 0.3) is 5.91 Å². The Labute approximate surface area is 144 Å². The molecule has 0 saturated carbocycles. The van der Waals surface area contributed by atoms with Gasteiger partial charge in [-0.25, -0.2) is 4.99 Å². The number of aryl methyl sites for hydroxylation is 1. The van der Waals surface area contributed by atoms with Crippen LogP contribution in [-0.2, 0) is 0 Å². The van der Waals surface area contributed by atoms with E-state index in [1.54, 1.807) is 30.5 Å². The molecule has 126 valence electrons. The van der Waals surface area contributed by atoms with Gasteiger partial charge in [0.2, 0.25) is 0 Å². The maximum absolute atomic E-state index is 11.8. The van der Waals surface area contributed by atoms with Crippen molar-refractivity contribution in [2.75, 3.05) is 5.32 Å². The first kappa shape index (κ1) is 16.3. The number of H-pyrrole nitrogens is 1. The van der Waals surface area contributed by atoms with E-state index >= 15 is 0 Å². The quantitative estimate of drug-likeness (QED) is 0.536. The van der Waals surface area contributed by atoms with Crippen LogP contribution in [0, 0.1) is 6.92 Å². The van der Waals surface area contributed by atoms with Crippen LogP contribution < -0.4 is 11.1 Å². The van der Waals surface area contributed by atoms with Gasteiger partial charge in [0.15, 0.2) is 5.82 Å². The summed E-state index contributed by atoms with van der Waals surface area (Å²) in [5.74, 6) is 0.104. The van der Waals surface area contributed by atoms with Gasteiger partial charge in [0.1, 0.15) is 17.1 Å². The molecule has 3 rings (SSSR count). The Balaban J connectivity index is 1.89. The van der Waals surface area contributed by atoms with Crippen molar-refractivity contribution in [3.8, 4) is 5.75 Å². The number of nitrogens with two attached hydrogens (primary N) is 1. The molecule has 0 aliphatic heterocycles. The molecule has 0 aliphatic rings. The molecule has 7 nitrogen and oxygen atoms in total. The second-order valence-electron chi connectivity index (χ2n) is 5.51. The molecule has 0 unspecified atom stereocenters. The van der Waals surface area contributed by atoms with Crippen LogP contribution in [0.3, 0.4) is 0 Å². The number of aliphatic imine (C=N–C) groups is 1. The third kappa shape index (κ3) is 3.84. The Morgan fingerprint density at radius 3 is 2.72 bits per heavy atom. The molecule has 3 aromatic rings. The lowest BCUT2D eigenvalue weighted by atomic mass is 10.2. The Hall–Kier alpha value is -3.61. The highest BCUT2D eigenvalue weighted by Crippen LogP contribution is 2.26. The number of primary amides is 1. The molecule has 0 spiro atoms. The molecule has 5 N–H and O–H groups in total. The number of aromatic hydroxyl groups is 1. The minimum Gasteiger partial charge on any atom is -0.508 e. The van der Waals surface area contributed by atoms with Crippen molar-refractivity contribution < 1.29 is 9.90 Å². The number of nitrogens with one attached hydrogen (secondary N) is 2. The van der Waals surface area contributed by atoms with Crippen molar-refractivity contribution in [3.63, 3.8) is 0 Å².